The summed E-state index contributed by atoms with van der Waals surface area (Å²) in [5.74, 6) is -0.893. The van der Waals surface area contributed by atoms with Gasteiger partial charge in [0.1, 0.15) is 18.3 Å². The summed E-state index contributed by atoms with van der Waals surface area (Å²) in [6, 6.07) is 0. The van der Waals surface area contributed by atoms with E-state index in [0.717, 1.165) is 0 Å². The minimum absolute atomic E-state index is 0.763. The molecule has 4 unspecified atom stereocenters. The first kappa shape index (κ1) is 8.45. The summed E-state index contributed by atoms with van der Waals surface area (Å²) in [5, 5.41) is 26.9. The van der Waals surface area contributed by atoms with Gasteiger partial charge in [0.25, 0.3) is 0 Å². The van der Waals surface area contributed by atoms with E-state index in [4.69, 9.17) is 15.3 Å². The maximum Gasteiger partial charge on any atom is 0.338 e. The second-order valence-corrected chi connectivity index (χ2v) is 2.57. The van der Waals surface area contributed by atoms with Crippen molar-refractivity contribution in [2.24, 2.45) is 0 Å². The third kappa shape index (κ3) is 1.35. The zero-order valence-corrected chi connectivity index (χ0v) is 5.97. The zero-order chi connectivity index (χ0) is 8.59. The Bertz CT molecular complexity index is 168. The molecule has 11 heavy (non-hydrogen) atoms. The maximum absolute atomic E-state index is 10.6. The Morgan fingerprint density at radius 3 is 2.36 bits per heavy atom. The SMILES string of the molecule is CC1OC(=O)C(O)C(O)C1O. The molecule has 0 amide bonds. The molecule has 1 rings (SSSR count). The average Bonchev–Trinajstić information content (AvgIpc) is 1.97. The second kappa shape index (κ2) is 2.77. The number of hydrogen-bond donors (Lipinski definition) is 3. The molecule has 1 saturated heterocycles. The number of carbonyl (C=O) groups is 1. The van der Waals surface area contributed by atoms with Crippen LogP contribution in [0.15, 0.2) is 0 Å². The number of aliphatic hydroxyl groups excluding tert-OH is 3. The number of carbonyl (C=O) groups excluding carboxylic acids is 1. The number of cyclic esters (lactones) is 1. The van der Waals surface area contributed by atoms with Crippen LogP contribution in [0.1, 0.15) is 6.92 Å². The van der Waals surface area contributed by atoms with Crippen molar-refractivity contribution in [3.8, 4) is 0 Å². The van der Waals surface area contributed by atoms with Gasteiger partial charge in [-0.05, 0) is 6.92 Å². The summed E-state index contributed by atoms with van der Waals surface area (Å²) in [7, 11) is 0. The van der Waals surface area contributed by atoms with Crippen LogP contribution in [0, 0.1) is 0 Å². The van der Waals surface area contributed by atoms with E-state index in [0.29, 0.717) is 0 Å². The first-order chi connectivity index (χ1) is 5.04. The first-order valence-corrected chi connectivity index (χ1v) is 3.28. The van der Waals surface area contributed by atoms with Crippen molar-refractivity contribution in [2.45, 2.75) is 31.3 Å². The highest BCUT2D eigenvalue weighted by molar-refractivity contribution is 5.76. The molecule has 0 radical (unpaired) electrons. The minimum Gasteiger partial charge on any atom is -0.458 e. The van der Waals surface area contributed by atoms with Crippen molar-refractivity contribution in [2.75, 3.05) is 0 Å². The van der Waals surface area contributed by atoms with Gasteiger partial charge in [-0.1, -0.05) is 0 Å². The van der Waals surface area contributed by atoms with Crippen LogP contribution in [0.25, 0.3) is 0 Å². The van der Waals surface area contributed by atoms with Crippen LogP contribution >= 0.6 is 0 Å². The van der Waals surface area contributed by atoms with E-state index in [9.17, 15) is 4.79 Å². The average molecular weight is 162 g/mol. The molecule has 1 aliphatic rings. The number of esters is 1. The fourth-order valence-corrected chi connectivity index (χ4v) is 0.927. The van der Waals surface area contributed by atoms with Gasteiger partial charge in [-0.15, -0.1) is 0 Å². The molecule has 3 N–H and O–H groups in total. The standard InChI is InChI=1S/C6H10O5/c1-2-3(7)4(8)5(9)6(10)11-2/h2-5,7-9H,1H3. The molecule has 0 spiro atoms. The van der Waals surface area contributed by atoms with Crippen LogP contribution < -0.4 is 0 Å². The molecule has 5 heteroatoms. The van der Waals surface area contributed by atoms with E-state index in [1.54, 1.807) is 0 Å². The van der Waals surface area contributed by atoms with E-state index >= 15 is 0 Å². The van der Waals surface area contributed by atoms with Crippen LogP contribution in [0.5, 0.6) is 0 Å². The van der Waals surface area contributed by atoms with Gasteiger partial charge >= 0.3 is 5.97 Å². The van der Waals surface area contributed by atoms with Crippen LogP contribution in [0.4, 0.5) is 0 Å². The fourth-order valence-electron chi connectivity index (χ4n) is 0.927. The van der Waals surface area contributed by atoms with Crippen molar-refractivity contribution in [1.82, 2.24) is 0 Å². The maximum atomic E-state index is 10.6. The summed E-state index contributed by atoms with van der Waals surface area (Å²) in [4.78, 5) is 10.6. The van der Waals surface area contributed by atoms with Crippen LogP contribution in [0.3, 0.4) is 0 Å². The molecule has 64 valence electrons. The number of aliphatic hydroxyl groups is 3. The highest BCUT2D eigenvalue weighted by atomic mass is 16.6. The molecule has 0 aromatic carbocycles. The molecule has 0 aromatic heterocycles. The molecule has 1 fully saturated rings. The number of rotatable bonds is 0. The Morgan fingerprint density at radius 1 is 1.27 bits per heavy atom. The van der Waals surface area contributed by atoms with Crippen molar-refractivity contribution in [3.63, 3.8) is 0 Å². The molecule has 4 atom stereocenters. The van der Waals surface area contributed by atoms with Gasteiger partial charge in [-0.25, -0.2) is 4.79 Å². The summed E-state index contributed by atoms with van der Waals surface area (Å²) in [6.45, 7) is 1.44. The van der Waals surface area contributed by atoms with E-state index in [2.05, 4.69) is 4.74 Å². The molecule has 0 aromatic rings. The lowest BCUT2D eigenvalue weighted by Crippen LogP contribution is -2.54. The monoisotopic (exact) mass is 162 g/mol. The number of hydrogen-bond acceptors (Lipinski definition) is 5. The van der Waals surface area contributed by atoms with Crippen molar-refractivity contribution >= 4 is 5.97 Å². The lowest BCUT2D eigenvalue weighted by molar-refractivity contribution is -0.199. The first-order valence-electron chi connectivity index (χ1n) is 3.28. The van der Waals surface area contributed by atoms with E-state index in [1.165, 1.54) is 6.92 Å². The second-order valence-electron chi connectivity index (χ2n) is 2.57. The summed E-state index contributed by atoms with van der Waals surface area (Å²) >= 11 is 0. The Labute approximate surface area is 63.2 Å². The normalized spacial score (nSPS) is 45.3. The van der Waals surface area contributed by atoms with E-state index in [1.807, 2.05) is 0 Å². The van der Waals surface area contributed by atoms with E-state index in [-0.39, 0.29) is 0 Å². The van der Waals surface area contributed by atoms with Crippen molar-refractivity contribution in [1.29, 1.82) is 0 Å². The van der Waals surface area contributed by atoms with Crippen molar-refractivity contribution in [3.05, 3.63) is 0 Å². The Hall–Kier alpha value is -0.650. The number of ether oxygens (including phenoxy) is 1. The molecule has 0 aliphatic carbocycles. The Kier molecular flexibility index (Phi) is 2.12. The molecule has 0 bridgehead atoms. The topological polar surface area (TPSA) is 87.0 Å². The van der Waals surface area contributed by atoms with Crippen LogP contribution in [0.2, 0.25) is 0 Å². The third-order valence-electron chi connectivity index (χ3n) is 1.70. The summed E-state index contributed by atoms with van der Waals surface area (Å²) in [6.07, 6.45) is -5.03. The zero-order valence-electron chi connectivity index (χ0n) is 5.97. The minimum atomic E-state index is -1.62. The lowest BCUT2D eigenvalue weighted by Gasteiger charge is -2.31. The quantitative estimate of drug-likeness (QED) is 0.359. The highest BCUT2D eigenvalue weighted by Crippen LogP contribution is 2.15. The lowest BCUT2D eigenvalue weighted by atomic mass is 10.0. The van der Waals surface area contributed by atoms with Crippen LogP contribution in [-0.4, -0.2) is 45.7 Å². The largest absolute Gasteiger partial charge is 0.458 e. The fraction of sp³-hybridized carbons (Fsp3) is 0.833. The predicted octanol–water partition coefficient (Wildman–Crippen LogP) is -1.99. The van der Waals surface area contributed by atoms with Gasteiger partial charge in [0.15, 0.2) is 6.10 Å². The Morgan fingerprint density at radius 2 is 1.82 bits per heavy atom. The molecular formula is C6H10O5. The van der Waals surface area contributed by atoms with Gasteiger partial charge in [-0.3, -0.25) is 0 Å². The van der Waals surface area contributed by atoms with Crippen molar-refractivity contribution < 1.29 is 24.9 Å². The van der Waals surface area contributed by atoms with Gasteiger partial charge in [0.05, 0.1) is 0 Å². The third-order valence-corrected chi connectivity index (χ3v) is 1.70. The van der Waals surface area contributed by atoms with Gasteiger partial charge in [0, 0.05) is 0 Å². The predicted molar refractivity (Wildman–Crippen MR) is 33.6 cm³/mol. The smallest absolute Gasteiger partial charge is 0.338 e. The van der Waals surface area contributed by atoms with Crippen LogP contribution in [-0.2, 0) is 9.53 Å². The van der Waals surface area contributed by atoms with Gasteiger partial charge in [0.2, 0.25) is 0 Å². The van der Waals surface area contributed by atoms with Gasteiger partial charge in [-0.2, -0.15) is 0 Å². The molecule has 0 saturated carbocycles. The summed E-state index contributed by atoms with van der Waals surface area (Å²) in [5.41, 5.74) is 0. The van der Waals surface area contributed by atoms with Gasteiger partial charge < -0.3 is 20.1 Å². The summed E-state index contributed by atoms with van der Waals surface area (Å²) < 4.78 is 4.48. The molecular weight excluding hydrogens is 152 g/mol. The molecule has 5 nitrogen and oxygen atoms in total. The highest BCUT2D eigenvalue weighted by Gasteiger charge is 2.41. The Balaban J connectivity index is 2.70. The van der Waals surface area contributed by atoms with E-state index < -0.39 is 30.4 Å². The molecule has 1 heterocycles. The molecule has 1 aliphatic heterocycles.